The number of pyridine rings is 2. The Hall–Kier alpha value is -4.20. The molecule has 1 amide bonds. The molecule has 0 saturated carbocycles. The summed E-state index contributed by atoms with van der Waals surface area (Å²) in [4.78, 5) is 38.9. The van der Waals surface area contributed by atoms with E-state index in [1.807, 2.05) is 0 Å². The second-order valence-electron chi connectivity index (χ2n) is 7.61. The maximum Gasteiger partial charge on any atom is 0.419 e. The number of fused-ring (bicyclic) bond motifs is 1. The molecule has 35 heavy (non-hydrogen) atoms. The van der Waals surface area contributed by atoms with Crippen LogP contribution >= 0.6 is 0 Å². The first-order valence-corrected chi connectivity index (χ1v) is 10.3. The summed E-state index contributed by atoms with van der Waals surface area (Å²) >= 11 is 0. The second-order valence-corrected chi connectivity index (χ2v) is 7.61. The van der Waals surface area contributed by atoms with E-state index in [9.17, 15) is 27.2 Å². The Kier molecular flexibility index (Phi) is 6.30. The number of halogens is 4. The van der Waals surface area contributed by atoms with Gasteiger partial charge < -0.3 is 20.5 Å². The molecule has 4 rings (SSSR count). The standard InChI is InChI=1S/C21H20F4N8O2/c22-14-11-30-19(33(27)5-3-26)16-15(14)12(10-29-16)17(34)20(35)32-8-6-31(7-9-32)18-13(21(23,24)25)2-1-4-28-18/h1-5,10-11,29H,6-9,26-27H2/b5-3-. The molecule has 0 aliphatic carbocycles. The molecule has 1 fully saturated rings. The molecule has 0 spiro atoms. The van der Waals surface area contributed by atoms with Crippen LogP contribution in [0.25, 0.3) is 10.9 Å². The van der Waals surface area contributed by atoms with E-state index in [1.165, 1.54) is 34.5 Å². The summed E-state index contributed by atoms with van der Waals surface area (Å²) in [6, 6.07) is 2.13. The van der Waals surface area contributed by atoms with Gasteiger partial charge in [-0.15, -0.1) is 0 Å². The van der Waals surface area contributed by atoms with Gasteiger partial charge in [0.1, 0.15) is 5.82 Å². The SMILES string of the molecule is N/C=C\N(N)c1ncc(F)c2c(C(=O)C(=O)N3CCN(c4ncccc4C(F)(F)F)CC3)c[nH]c12. The molecule has 14 heteroatoms. The lowest BCUT2D eigenvalue weighted by Gasteiger charge is -2.36. The van der Waals surface area contributed by atoms with Gasteiger partial charge in [-0.05, 0) is 12.1 Å². The van der Waals surface area contributed by atoms with Crippen LogP contribution in [-0.4, -0.2) is 57.7 Å². The van der Waals surface area contributed by atoms with Crippen LogP contribution in [0.15, 0.2) is 43.1 Å². The number of nitrogens with two attached hydrogens (primary N) is 2. The van der Waals surface area contributed by atoms with Crippen LogP contribution in [0, 0.1) is 5.82 Å². The number of carbonyl (C=O) groups excluding carboxylic acids is 2. The smallest absolute Gasteiger partial charge is 0.403 e. The van der Waals surface area contributed by atoms with Gasteiger partial charge >= 0.3 is 6.18 Å². The summed E-state index contributed by atoms with van der Waals surface area (Å²) in [5.41, 5.74) is 4.29. The summed E-state index contributed by atoms with van der Waals surface area (Å²) in [5.74, 6) is 2.90. The first-order valence-electron chi connectivity index (χ1n) is 10.3. The maximum atomic E-state index is 14.6. The van der Waals surface area contributed by atoms with Gasteiger partial charge in [0.15, 0.2) is 11.6 Å². The van der Waals surface area contributed by atoms with E-state index in [0.717, 1.165) is 23.5 Å². The molecule has 0 atom stereocenters. The summed E-state index contributed by atoms with van der Waals surface area (Å²) in [7, 11) is 0. The molecule has 184 valence electrons. The van der Waals surface area contributed by atoms with Gasteiger partial charge in [0.2, 0.25) is 0 Å². The van der Waals surface area contributed by atoms with E-state index in [1.54, 1.807) is 0 Å². The average Bonchev–Trinajstić information content (AvgIpc) is 3.29. The largest absolute Gasteiger partial charge is 0.419 e. The van der Waals surface area contributed by atoms with E-state index in [2.05, 4.69) is 15.0 Å². The van der Waals surface area contributed by atoms with E-state index in [0.29, 0.717) is 0 Å². The van der Waals surface area contributed by atoms with Crippen molar-refractivity contribution in [3.63, 3.8) is 0 Å². The molecule has 5 N–H and O–H groups in total. The number of hydrogen-bond donors (Lipinski definition) is 3. The predicted octanol–water partition coefficient (Wildman–Crippen LogP) is 1.76. The number of nitrogens with zero attached hydrogens (tertiary/aromatic N) is 5. The lowest BCUT2D eigenvalue weighted by atomic mass is 10.1. The molecular formula is C21H20F4N8O2. The van der Waals surface area contributed by atoms with E-state index in [4.69, 9.17) is 11.6 Å². The molecular weight excluding hydrogens is 472 g/mol. The van der Waals surface area contributed by atoms with Crippen molar-refractivity contribution in [2.24, 2.45) is 11.6 Å². The lowest BCUT2D eigenvalue weighted by molar-refractivity contribution is -0.137. The quantitative estimate of drug-likeness (QED) is 0.161. The van der Waals surface area contributed by atoms with Gasteiger partial charge in [0.05, 0.1) is 28.2 Å². The molecule has 1 saturated heterocycles. The Balaban J connectivity index is 1.53. The number of carbonyl (C=O) groups is 2. The lowest BCUT2D eigenvalue weighted by Crippen LogP contribution is -2.51. The van der Waals surface area contributed by atoms with Crippen molar-refractivity contribution in [2.75, 3.05) is 36.1 Å². The molecule has 3 aromatic rings. The fraction of sp³-hybridized carbons (Fsp3) is 0.238. The number of piperazine rings is 1. The van der Waals surface area contributed by atoms with Gasteiger partial charge in [-0.25, -0.2) is 20.2 Å². The third kappa shape index (κ3) is 4.47. The first-order chi connectivity index (χ1) is 16.6. The normalized spacial score (nSPS) is 14.7. The zero-order valence-corrected chi connectivity index (χ0v) is 18.1. The summed E-state index contributed by atoms with van der Waals surface area (Å²) in [6.07, 6.45) is 1.11. The Morgan fingerprint density at radius 2 is 1.89 bits per heavy atom. The van der Waals surface area contributed by atoms with Crippen LogP contribution in [-0.2, 0) is 11.0 Å². The average molecular weight is 492 g/mol. The number of hydrazine groups is 1. The van der Waals surface area contributed by atoms with Crippen LogP contribution in [0.1, 0.15) is 15.9 Å². The fourth-order valence-corrected chi connectivity index (χ4v) is 3.88. The molecule has 4 heterocycles. The van der Waals surface area contributed by atoms with Crippen molar-refractivity contribution < 1.29 is 27.2 Å². The number of aromatic nitrogens is 3. The Bertz CT molecular complexity index is 1300. The molecule has 1 aliphatic heterocycles. The highest BCUT2D eigenvalue weighted by molar-refractivity contribution is 6.45. The number of alkyl halides is 3. The number of ketones is 1. The zero-order valence-electron chi connectivity index (χ0n) is 18.1. The number of rotatable bonds is 5. The van der Waals surface area contributed by atoms with Crippen molar-refractivity contribution in [2.45, 2.75) is 6.18 Å². The van der Waals surface area contributed by atoms with Crippen LogP contribution < -0.4 is 21.5 Å². The van der Waals surface area contributed by atoms with Crippen LogP contribution in [0.2, 0.25) is 0 Å². The number of anilines is 2. The Labute approximate surface area is 195 Å². The van der Waals surface area contributed by atoms with Gasteiger partial charge in [-0.1, -0.05) is 0 Å². The fourth-order valence-electron chi connectivity index (χ4n) is 3.88. The summed E-state index contributed by atoms with van der Waals surface area (Å²) in [5, 5.41) is 0.844. The number of nitrogens with one attached hydrogen (secondary N) is 1. The molecule has 3 aromatic heterocycles. The molecule has 0 aromatic carbocycles. The van der Waals surface area contributed by atoms with Gasteiger partial charge in [-0.3, -0.25) is 14.6 Å². The topological polar surface area (TPSA) is 137 Å². The minimum atomic E-state index is -4.58. The van der Waals surface area contributed by atoms with Crippen LogP contribution in [0.5, 0.6) is 0 Å². The van der Waals surface area contributed by atoms with Crippen molar-refractivity contribution >= 4 is 34.2 Å². The number of aromatic amines is 1. The molecule has 10 nitrogen and oxygen atoms in total. The van der Waals surface area contributed by atoms with Crippen molar-refractivity contribution in [1.29, 1.82) is 0 Å². The Morgan fingerprint density at radius 3 is 2.54 bits per heavy atom. The highest BCUT2D eigenvalue weighted by Crippen LogP contribution is 2.35. The molecule has 0 radical (unpaired) electrons. The summed E-state index contributed by atoms with van der Waals surface area (Å²) in [6.45, 7) is 0.0217. The molecule has 0 bridgehead atoms. The first kappa shape index (κ1) is 23.9. The Morgan fingerprint density at radius 1 is 1.17 bits per heavy atom. The van der Waals surface area contributed by atoms with Gasteiger partial charge in [0, 0.05) is 51.0 Å². The maximum absolute atomic E-state index is 14.6. The second kappa shape index (κ2) is 9.21. The van der Waals surface area contributed by atoms with E-state index in [-0.39, 0.29) is 54.3 Å². The van der Waals surface area contributed by atoms with Crippen molar-refractivity contribution in [1.82, 2.24) is 19.9 Å². The monoisotopic (exact) mass is 492 g/mol. The predicted molar refractivity (Wildman–Crippen MR) is 118 cm³/mol. The van der Waals surface area contributed by atoms with Crippen molar-refractivity contribution in [3.05, 3.63) is 60.1 Å². The number of Topliss-reactive ketones (excluding diaryl/α,β-unsaturated/α-hetero) is 1. The molecule has 1 aliphatic rings. The zero-order chi connectivity index (χ0) is 25.3. The minimum absolute atomic E-state index is 0.0199. The minimum Gasteiger partial charge on any atom is -0.403 e. The van der Waals surface area contributed by atoms with Crippen LogP contribution in [0.4, 0.5) is 29.2 Å². The van der Waals surface area contributed by atoms with E-state index < -0.39 is 29.2 Å². The third-order valence-corrected chi connectivity index (χ3v) is 5.53. The van der Waals surface area contributed by atoms with Gasteiger partial charge in [-0.2, -0.15) is 13.2 Å². The van der Waals surface area contributed by atoms with Gasteiger partial charge in [0.25, 0.3) is 11.7 Å². The number of amides is 1. The highest BCUT2D eigenvalue weighted by atomic mass is 19.4. The van der Waals surface area contributed by atoms with Crippen molar-refractivity contribution in [3.8, 4) is 0 Å². The van der Waals surface area contributed by atoms with E-state index >= 15 is 0 Å². The molecule has 0 unspecified atom stereocenters. The number of hydrogen-bond acceptors (Lipinski definition) is 8. The van der Waals surface area contributed by atoms with Crippen LogP contribution in [0.3, 0.4) is 0 Å². The summed E-state index contributed by atoms with van der Waals surface area (Å²) < 4.78 is 54.5. The highest BCUT2D eigenvalue weighted by Gasteiger charge is 2.37. The third-order valence-electron chi connectivity index (χ3n) is 5.53. The number of H-pyrrole nitrogens is 1.